The first-order valence-electron chi connectivity index (χ1n) is 6.97. The van der Waals surface area contributed by atoms with E-state index in [1.165, 1.54) is 0 Å². The van der Waals surface area contributed by atoms with E-state index in [0.717, 1.165) is 17.7 Å². The van der Waals surface area contributed by atoms with E-state index >= 15 is 0 Å². The topological polar surface area (TPSA) is 70.6 Å². The molecule has 110 valence electrons. The summed E-state index contributed by atoms with van der Waals surface area (Å²) in [5.74, 6) is 0.714. The van der Waals surface area contributed by atoms with E-state index in [1.807, 2.05) is 25.1 Å². The Morgan fingerprint density at radius 1 is 1.45 bits per heavy atom. The summed E-state index contributed by atoms with van der Waals surface area (Å²) in [6, 6.07) is 5.70. The average Bonchev–Trinajstić information content (AvgIpc) is 2.35. The lowest BCUT2D eigenvalue weighted by atomic mass is 10.0. The van der Waals surface area contributed by atoms with Crippen LogP contribution in [-0.4, -0.2) is 23.0 Å². The molecule has 1 aromatic rings. The highest BCUT2D eigenvalue weighted by atomic mass is 16.5. The van der Waals surface area contributed by atoms with Crippen LogP contribution in [-0.2, 0) is 11.2 Å². The number of fused-ring (bicyclic) bond motifs is 1. The summed E-state index contributed by atoms with van der Waals surface area (Å²) in [4.78, 5) is 11.4. The fourth-order valence-corrected chi connectivity index (χ4v) is 2.20. The Hall–Kier alpha value is -1.59. The zero-order valence-corrected chi connectivity index (χ0v) is 12.2. The molecular formula is C15H22N2O3. The highest BCUT2D eigenvalue weighted by Gasteiger charge is 2.20. The van der Waals surface area contributed by atoms with Crippen molar-refractivity contribution >= 4 is 11.6 Å². The van der Waals surface area contributed by atoms with E-state index in [1.54, 1.807) is 13.8 Å². The third-order valence-corrected chi connectivity index (χ3v) is 3.14. The second-order valence-electron chi connectivity index (χ2n) is 5.59. The van der Waals surface area contributed by atoms with Crippen molar-refractivity contribution in [1.82, 2.24) is 5.32 Å². The minimum Gasteiger partial charge on any atom is -0.475 e. The van der Waals surface area contributed by atoms with Crippen LogP contribution in [0.15, 0.2) is 18.2 Å². The van der Waals surface area contributed by atoms with Gasteiger partial charge in [-0.15, -0.1) is 0 Å². The van der Waals surface area contributed by atoms with Gasteiger partial charge in [-0.3, -0.25) is 10.1 Å². The van der Waals surface area contributed by atoms with E-state index in [9.17, 15) is 9.90 Å². The van der Waals surface area contributed by atoms with Crippen LogP contribution in [0.25, 0.3) is 0 Å². The Balaban J connectivity index is 2.09. The molecule has 20 heavy (non-hydrogen) atoms. The number of amides is 1. The normalized spacial score (nSPS) is 16.3. The smallest absolute Gasteiger partial charge is 0.224 e. The second kappa shape index (κ2) is 5.81. The number of ether oxygens (including phenoxy) is 1. The minimum absolute atomic E-state index is 0.0382. The SMILES string of the molecule is CCC(NC(C)(C)O)Oc1ccc2c(c1)NC(=O)CC2. The Kier molecular flexibility index (Phi) is 4.30. The van der Waals surface area contributed by atoms with Gasteiger partial charge in [0, 0.05) is 18.2 Å². The molecule has 0 bridgehead atoms. The average molecular weight is 278 g/mol. The molecule has 1 unspecified atom stereocenters. The van der Waals surface area contributed by atoms with Gasteiger partial charge < -0.3 is 15.2 Å². The highest BCUT2D eigenvalue weighted by molar-refractivity contribution is 5.94. The van der Waals surface area contributed by atoms with Gasteiger partial charge in [-0.25, -0.2) is 0 Å². The van der Waals surface area contributed by atoms with Crippen molar-refractivity contribution in [2.45, 2.75) is 52.0 Å². The maximum absolute atomic E-state index is 11.4. The zero-order valence-electron chi connectivity index (χ0n) is 12.2. The summed E-state index contributed by atoms with van der Waals surface area (Å²) < 4.78 is 5.82. The maximum Gasteiger partial charge on any atom is 0.224 e. The largest absolute Gasteiger partial charge is 0.475 e. The second-order valence-corrected chi connectivity index (χ2v) is 5.59. The van der Waals surface area contributed by atoms with Crippen LogP contribution >= 0.6 is 0 Å². The Bertz CT molecular complexity index is 494. The van der Waals surface area contributed by atoms with Gasteiger partial charge in [0.2, 0.25) is 5.91 Å². The molecule has 0 aromatic heterocycles. The number of hydrogen-bond donors (Lipinski definition) is 3. The lowest BCUT2D eigenvalue weighted by Crippen LogP contribution is -2.48. The van der Waals surface area contributed by atoms with E-state index in [4.69, 9.17) is 4.74 Å². The molecule has 3 N–H and O–H groups in total. The monoisotopic (exact) mass is 278 g/mol. The van der Waals surface area contributed by atoms with Gasteiger partial charge in [0.05, 0.1) is 0 Å². The minimum atomic E-state index is -0.997. The van der Waals surface area contributed by atoms with Crippen LogP contribution in [0.4, 0.5) is 5.69 Å². The number of aliphatic hydroxyl groups is 1. The molecule has 0 saturated heterocycles. The zero-order chi connectivity index (χ0) is 14.8. The van der Waals surface area contributed by atoms with Gasteiger partial charge >= 0.3 is 0 Å². The molecule has 1 aliphatic rings. The Labute approximate surface area is 119 Å². The molecule has 1 heterocycles. The van der Waals surface area contributed by atoms with Crippen LogP contribution in [0.5, 0.6) is 5.75 Å². The first-order chi connectivity index (χ1) is 9.37. The summed E-state index contributed by atoms with van der Waals surface area (Å²) in [5, 5.41) is 15.6. The van der Waals surface area contributed by atoms with Crippen molar-refractivity contribution in [2.24, 2.45) is 0 Å². The molecule has 1 aliphatic heterocycles. The highest BCUT2D eigenvalue weighted by Crippen LogP contribution is 2.27. The quantitative estimate of drug-likeness (QED) is 0.721. The fourth-order valence-electron chi connectivity index (χ4n) is 2.20. The summed E-state index contributed by atoms with van der Waals surface area (Å²) in [5.41, 5.74) is 0.945. The predicted molar refractivity (Wildman–Crippen MR) is 77.5 cm³/mol. The molecule has 5 heteroatoms. The van der Waals surface area contributed by atoms with Crippen LogP contribution in [0.1, 0.15) is 39.2 Å². The first-order valence-corrected chi connectivity index (χ1v) is 6.97. The van der Waals surface area contributed by atoms with Crippen LogP contribution in [0.2, 0.25) is 0 Å². The molecule has 1 aromatic carbocycles. The number of rotatable bonds is 5. The third-order valence-electron chi connectivity index (χ3n) is 3.14. The van der Waals surface area contributed by atoms with Crippen molar-refractivity contribution in [3.05, 3.63) is 23.8 Å². The van der Waals surface area contributed by atoms with Crippen molar-refractivity contribution in [2.75, 3.05) is 5.32 Å². The summed E-state index contributed by atoms with van der Waals surface area (Å²) >= 11 is 0. The van der Waals surface area contributed by atoms with Gasteiger partial charge in [0.15, 0.2) is 6.23 Å². The molecule has 5 nitrogen and oxygen atoms in total. The van der Waals surface area contributed by atoms with E-state index in [-0.39, 0.29) is 12.1 Å². The molecule has 0 aliphatic carbocycles. The molecule has 0 radical (unpaired) electrons. The molecule has 0 fully saturated rings. The van der Waals surface area contributed by atoms with Gasteiger partial charge in [0.1, 0.15) is 11.5 Å². The number of aryl methyl sites for hydroxylation is 1. The Morgan fingerprint density at radius 3 is 2.85 bits per heavy atom. The Morgan fingerprint density at radius 2 is 2.20 bits per heavy atom. The molecule has 1 atom stereocenters. The van der Waals surface area contributed by atoms with Gasteiger partial charge in [-0.05, 0) is 38.3 Å². The molecule has 0 saturated carbocycles. The molecular weight excluding hydrogens is 256 g/mol. The van der Waals surface area contributed by atoms with Crippen molar-refractivity contribution < 1.29 is 14.6 Å². The predicted octanol–water partition coefficient (Wildman–Crippen LogP) is 2.00. The number of carbonyl (C=O) groups excluding carboxylic acids is 1. The molecule has 1 amide bonds. The van der Waals surface area contributed by atoms with E-state index in [0.29, 0.717) is 18.6 Å². The van der Waals surface area contributed by atoms with Gasteiger partial charge in [-0.2, -0.15) is 0 Å². The van der Waals surface area contributed by atoms with E-state index in [2.05, 4.69) is 10.6 Å². The molecule has 0 spiro atoms. The van der Waals surface area contributed by atoms with Gasteiger partial charge in [-0.1, -0.05) is 13.0 Å². The van der Waals surface area contributed by atoms with Crippen LogP contribution < -0.4 is 15.4 Å². The fraction of sp³-hybridized carbons (Fsp3) is 0.533. The summed E-state index contributed by atoms with van der Waals surface area (Å²) in [6.45, 7) is 5.32. The van der Waals surface area contributed by atoms with Crippen molar-refractivity contribution in [1.29, 1.82) is 0 Å². The van der Waals surface area contributed by atoms with Crippen molar-refractivity contribution in [3.63, 3.8) is 0 Å². The summed E-state index contributed by atoms with van der Waals surface area (Å²) in [6.07, 6.45) is 1.73. The maximum atomic E-state index is 11.4. The first kappa shape index (κ1) is 14.8. The van der Waals surface area contributed by atoms with Gasteiger partial charge in [0.25, 0.3) is 0 Å². The lowest BCUT2D eigenvalue weighted by molar-refractivity contribution is -0.116. The number of hydrogen-bond acceptors (Lipinski definition) is 4. The standard InChI is InChI=1S/C15H22N2O3/c1-4-14(17-15(2,3)19)20-11-7-5-10-6-8-13(18)16-12(10)9-11/h5,7,9,14,17,19H,4,6,8H2,1-3H3,(H,16,18). The van der Waals surface area contributed by atoms with Crippen molar-refractivity contribution in [3.8, 4) is 5.75 Å². The number of benzene rings is 1. The number of carbonyl (C=O) groups is 1. The van der Waals surface area contributed by atoms with Crippen LogP contribution in [0.3, 0.4) is 0 Å². The lowest BCUT2D eigenvalue weighted by Gasteiger charge is -2.27. The molecule has 2 rings (SSSR count). The van der Waals surface area contributed by atoms with Crippen LogP contribution in [0, 0.1) is 0 Å². The third kappa shape index (κ3) is 3.95. The van der Waals surface area contributed by atoms with E-state index < -0.39 is 5.72 Å². The number of nitrogens with one attached hydrogen (secondary N) is 2. The summed E-state index contributed by atoms with van der Waals surface area (Å²) in [7, 11) is 0. The number of anilines is 1.